The Hall–Kier alpha value is -3.55. The number of likely N-dealkylation sites (tertiary alicyclic amines) is 1. The van der Waals surface area contributed by atoms with Gasteiger partial charge >= 0.3 is 5.97 Å². The number of methoxy groups -OCH3 is 2. The van der Waals surface area contributed by atoms with E-state index in [1.165, 1.54) is 17.0 Å². The van der Waals surface area contributed by atoms with Crippen molar-refractivity contribution in [2.75, 3.05) is 26.1 Å². The van der Waals surface area contributed by atoms with E-state index in [0.29, 0.717) is 23.6 Å². The number of benzene rings is 2. The molecule has 1 saturated heterocycles. The van der Waals surface area contributed by atoms with E-state index in [0.717, 1.165) is 11.1 Å². The van der Waals surface area contributed by atoms with Crippen LogP contribution in [0.2, 0.25) is 0 Å². The van der Waals surface area contributed by atoms with Crippen molar-refractivity contribution >= 4 is 23.5 Å². The highest BCUT2D eigenvalue weighted by atomic mass is 16.5. The van der Waals surface area contributed by atoms with Crippen LogP contribution in [0.5, 0.6) is 11.5 Å². The number of carboxylic acids is 1. The number of aryl methyl sites for hydroxylation is 1. The molecule has 1 aliphatic heterocycles. The first kappa shape index (κ1) is 21.2. The predicted octanol–water partition coefficient (Wildman–Crippen LogP) is 2.49. The van der Waals surface area contributed by atoms with Gasteiger partial charge in [-0.25, -0.2) is 4.79 Å². The first-order valence-corrected chi connectivity index (χ1v) is 9.49. The number of carbonyl (C=O) groups is 3. The molecule has 2 aromatic rings. The van der Waals surface area contributed by atoms with Crippen LogP contribution in [0, 0.1) is 6.92 Å². The Morgan fingerprint density at radius 2 is 1.87 bits per heavy atom. The van der Waals surface area contributed by atoms with Crippen molar-refractivity contribution in [3.05, 3.63) is 53.1 Å². The summed E-state index contributed by atoms with van der Waals surface area (Å²) in [6.07, 6.45) is 0.513. The number of ether oxygens (including phenoxy) is 2. The fourth-order valence-corrected chi connectivity index (χ4v) is 3.41. The summed E-state index contributed by atoms with van der Waals surface area (Å²) < 4.78 is 10.5. The Morgan fingerprint density at radius 1 is 1.13 bits per heavy atom. The molecular weight excluding hydrogens is 388 g/mol. The topological polar surface area (TPSA) is 105 Å². The van der Waals surface area contributed by atoms with Crippen molar-refractivity contribution in [3.8, 4) is 11.5 Å². The van der Waals surface area contributed by atoms with Crippen LogP contribution in [0.1, 0.15) is 27.9 Å². The number of hydrogen-bond donors (Lipinski definition) is 2. The maximum absolute atomic E-state index is 12.8. The first-order valence-electron chi connectivity index (χ1n) is 9.49. The number of hydrogen-bond acceptors (Lipinski definition) is 6. The third-order valence-electron chi connectivity index (χ3n) is 5.13. The van der Waals surface area contributed by atoms with Crippen LogP contribution in [0.25, 0.3) is 0 Å². The molecule has 158 valence electrons. The van der Waals surface area contributed by atoms with Crippen LogP contribution < -0.4 is 14.8 Å². The second-order valence-corrected chi connectivity index (χ2v) is 7.06. The van der Waals surface area contributed by atoms with Crippen LogP contribution >= 0.6 is 0 Å². The van der Waals surface area contributed by atoms with Gasteiger partial charge in [0.05, 0.1) is 26.2 Å². The van der Waals surface area contributed by atoms with Gasteiger partial charge in [-0.3, -0.25) is 14.5 Å². The van der Waals surface area contributed by atoms with Gasteiger partial charge in [-0.2, -0.15) is 0 Å². The molecule has 2 aromatic carbocycles. The lowest BCUT2D eigenvalue weighted by Gasteiger charge is -2.17. The van der Waals surface area contributed by atoms with Crippen molar-refractivity contribution < 1.29 is 29.0 Å². The number of carboxylic acid groups (broad SMARTS) is 1. The number of imide groups is 1. The number of nitrogens with one attached hydrogen (secondary N) is 1. The average Bonchev–Trinajstić information content (AvgIpc) is 3.00. The number of anilines is 1. The summed E-state index contributed by atoms with van der Waals surface area (Å²) in [5.74, 6) is -0.436. The molecule has 0 aliphatic carbocycles. The number of carbonyl (C=O) groups excluding carboxylic acids is 2. The molecule has 0 spiro atoms. The van der Waals surface area contributed by atoms with E-state index in [1.54, 1.807) is 26.4 Å². The highest BCUT2D eigenvalue weighted by molar-refractivity contribution is 6.07. The number of amides is 2. The zero-order chi connectivity index (χ0) is 21.8. The van der Waals surface area contributed by atoms with Gasteiger partial charge in [0.2, 0.25) is 5.91 Å². The molecule has 1 atom stereocenters. The van der Waals surface area contributed by atoms with Crippen molar-refractivity contribution in [1.82, 2.24) is 4.90 Å². The smallest absolute Gasteiger partial charge is 0.335 e. The minimum absolute atomic E-state index is 0.0293. The molecule has 8 nitrogen and oxygen atoms in total. The zero-order valence-corrected chi connectivity index (χ0v) is 17.1. The molecule has 0 unspecified atom stereocenters. The molecule has 2 amide bonds. The van der Waals surface area contributed by atoms with Gasteiger partial charge in [-0.1, -0.05) is 12.1 Å². The average molecular weight is 412 g/mol. The third-order valence-corrected chi connectivity index (χ3v) is 5.13. The normalized spacial score (nSPS) is 16.0. The van der Waals surface area contributed by atoms with E-state index in [4.69, 9.17) is 9.47 Å². The second kappa shape index (κ2) is 8.86. The lowest BCUT2D eigenvalue weighted by atomic mass is 10.1. The molecule has 1 heterocycles. The van der Waals surface area contributed by atoms with Crippen LogP contribution in [0.4, 0.5) is 5.69 Å². The van der Waals surface area contributed by atoms with Crippen molar-refractivity contribution in [1.29, 1.82) is 0 Å². The second-order valence-electron chi connectivity index (χ2n) is 7.06. The molecule has 0 bridgehead atoms. The summed E-state index contributed by atoms with van der Waals surface area (Å²) in [6.45, 7) is 2.06. The van der Waals surface area contributed by atoms with E-state index in [1.807, 2.05) is 19.1 Å². The molecule has 1 fully saturated rings. The Morgan fingerprint density at radius 3 is 2.53 bits per heavy atom. The molecular formula is C22H24N2O6. The lowest BCUT2D eigenvalue weighted by molar-refractivity contribution is -0.138. The minimum Gasteiger partial charge on any atom is -0.493 e. The summed E-state index contributed by atoms with van der Waals surface area (Å²) >= 11 is 0. The summed E-state index contributed by atoms with van der Waals surface area (Å²) in [4.78, 5) is 37.6. The Balaban J connectivity index is 1.68. The first-order chi connectivity index (χ1) is 14.3. The van der Waals surface area contributed by atoms with Crippen LogP contribution in [0.15, 0.2) is 36.4 Å². The van der Waals surface area contributed by atoms with Gasteiger partial charge in [0.25, 0.3) is 5.91 Å². The summed E-state index contributed by atoms with van der Waals surface area (Å²) in [5, 5.41) is 12.2. The van der Waals surface area contributed by atoms with Gasteiger partial charge in [-0.05, 0) is 48.7 Å². The highest BCUT2D eigenvalue weighted by Gasteiger charge is 2.38. The molecule has 0 aromatic heterocycles. The molecule has 8 heteroatoms. The Kier molecular flexibility index (Phi) is 6.25. The van der Waals surface area contributed by atoms with E-state index in [-0.39, 0.29) is 30.3 Å². The van der Waals surface area contributed by atoms with E-state index in [9.17, 15) is 19.5 Å². The fourth-order valence-electron chi connectivity index (χ4n) is 3.41. The lowest BCUT2D eigenvalue weighted by Crippen LogP contribution is -2.36. The van der Waals surface area contributed by atoms with E-state index in [2.05, 4.69) is 5.32 Å². The van der Waals surface area contributed by atoms with Gasteiger partial charge in [0, 0.05) is 12.2 Å². The van der Waals surface area contributed by atoms with Gasteiger partial charge in [0.15, 0.2) is 11.5 Å². The van der Waals surface area contributed by atoms with Gasteiger partial charge < -0.3 is 19.9 Å². The van der Waals surface area contributed by atoms with E-state index < -0.39 is 12.0 Å². The molecule has 3 rings (SSSR count). The monoisotopic (exact) mass is 412 g/mol. The number of nitrogens with zero attached hydrogens (tertiary/aromatic N) is 1. The van der Waals surface area contributed by atoms with Crippen LogP contribution in [-0.2, 0) is 16.0 Å². The quantitative estimate of drug-likeness (QED) is 0.642. The van der Waals surface area contributed by atoms with Crippen LogP contribution in [0.3, 0.4) is 0 Å². The van der Waals surface area contributed by atoms with Crippen molar-refractivity contribution in [2.24, 2.45) is 0 Å². The molecule has 0 saturated carbocycles. The van der Waals surface area contributed by atoms with Crippen molar-refractivity contribution in [2.45, 2.75) is 25.8 Å². The van der Waals surface area contributed by atoms with Gasteiger partial charge in [0.1, 0.15) is 6.04 Å². The summed E-state index contributed by atoms with van der Waals surface area (Å²) in [7, 11) is 3.10. The Labute approximate surface area is 174 Å². The molecule has 0 radical (unpaired) electrons. The van der Waals surface area contributed by atoms with Gasteiger partial charge in [-0.15, -0.1) is 0 Å². The van der Waals surface area contributed by atoms with Crippen molar-refractivity contribution in [3.63, 3.8) is 0 Å². The fraction of sp³-hybridized carbons (Fsp3) is 0.318. The molecule has 2 N–H and O–H groups in total. The summed E-state index contributed by atoms with van der Waals surface area (Å²) in [6, 6.07) is 9.39. The highest BCUT2D eigenvalue weighted by Crippen LogP contribution is 2.28. The largest absolute Gasteiger partial charge is 0.493 e. The maximum atomic E-state index is 12.8. The van der Waals surface area contributed by atoms with E-state index >= 15 is 0 Å². The third kappa shape index (κ3) is 4.37. The molecule has 30 heavy (non-hydrogen) atoms. The standard InChI is InChI=1S/C22H24N2O6/c1-13-4-6-15(22(27)28)11-16(13)23-17-12-20(25)24(21(17)26)9-8-14-5-7-18(29-2)19(10-14)30-3/h4-7,10-11,17,23H,8-9,12H2,1-3H3,(H,27,28)/t17-/m0/s1. The molecule has 1 aliphatic rings. The Bertz CT molecular complexity index is 988. The SMILES string of the molecule is COc1ccc(CCN2C(=O)C[C@H](Nc3cc(C(=O)O)ccc3C)C2=O)cc1OC. The number of aromatic carboxylic acids is 1. The predicted molar refractivity (Wildman–Crippen MR) is 110 cm³/mol. The summed E-state index contributed by atoms with van der Waals surface area (Å²) in [5.41, 5.74) is 2.35. The number of rotatable bonds is 8. The maximum Gasteiger partial charge on any atom is 0.335 e. The van der Waals surface area contributed by atoms with Crippen LogP contribution in [-0.4, -0.2) is 54.6 Å². The zero-order valence-electron chi connectivity index (χ0n) is 17.1. The minimum atomic E-state index is -1.05.